The van der Waals surface area contributed by atoms with Crippen molar-refractivity contribution in [1.82, 2.24) is 0 Å². The Kier molecular flexibility index (Phi) is 5.42. The van der Waals surface area contributed by atoms with Gasteiger partial charge < -0.3 is 0 Å². The van der Waals surface area contributed by atoms with Crippen molar-refractivity contribution in [3.63, 3.8) is 0 Å². The zero-order chi connectivity index (χ0) is 18.5. The van der Waals surface area contributed by atoms with Crippen molar-refractivity contribution in [1.29, 1.82) is 10.5 Å². The third-order valence-electron chi connectivity index (χ3n) is 4.23. The Bertz CT molecular complexity index is 963. The lowest BCUT2D eigenvalue weighted by molar-refractivity contribution is 0.866. The van der Waals surface area contributed by atoms with E-state index in [9.17, 15) is 10.5 Å². The lowest BCUT2D eigenvalue weighted by atomic mass is 10.0. The summed E-state index contributed by atoms with van der Waals surface area (Å²) in [7, 11) is 0. The summed E-state index contributed by atoms with van der Waals surface area (Å²) in [4.78, 5) is 2.08. The van der Waals surface area contributed by atoms with E-state index in [4.69, 9.17) is 0 Å². The van der Waals surface area contributed by atoms with Crippen molar-refractivity contribution >= 4 is 21.6 Å². The fourth-order valence-corrected chi connectivity index (χ4v) is 3.84. The van der Waals surface area contributed by atoms with Gasteiger partial charge in [0.25, 0.3) is 0 Å². The van der Waals surface area contributed by atoms with Crippen LogP contribution in [0.2, 0.25) is 0 Å². The molecule has 0 saturated carbocycles. The predicted octanol–water partition coefficient (Wildman–Crippen LogP) is 6.28. The van der Waals surface area contributed by atoms with E-state index in [0.717, 1.165) is 20.9 Å². The Hall–Kier alpha value is -3.01. The number of allylic oxidation sites excluding steroid dienone is 4. The molecule has 26 heavy (non-hydrogen) atoms. The van der Waals surface area contributed by atoms with Crippen molar-refractivity contribution in [2.45, 2.75) is 19.8 Å². The van der Waals surface area contributed by atoms with Crippen molar-refractivity contribution in [2.75, 3.05) is 0 Å². The average molecular weight is 354 g/mol. The minimum Gasteiger partial charge on any atom is -0.192 e. The third-order valence-corrected chi connectivity index (χ3v) is 5.37. The number of nitriles is 2. The van der Waals surface area contributed by atoms with Crippen LogP contribution in [0.15, 0.2) is 77.9 Å². The van der Waals surface area contributed by atoms with E-state index >= 15 is 0 Å². The topological polar surface area (TPSA) is 47.6 Å². The maximum atomic E-state index is 9.29. The first-order chi connectivity index (χ1) is 12.6. The summed E-state index contributed by atoms with van der Waals surface area (Å²) in [6, 6.07) is 22.6. The van der Waals surface area contributed by atoms with Crippen LogP contribution in [-0.4, -0.2) is 0 Å². The number of hydrogen-bond donors (Lipinski definition) is 0. The van der Waals surface area contributed by atoms with Crippen molar-refractivity contribution in [2.24, 2.45) is 0 Å². The second-order valence-electron chi connectivity index (χ2n) is 6.32. The quantitative estimate of drug-likeness (QED) is 0.609. The summed E-state index contributed by atoms with van der Waals surface area (Å²) < 4.78 is 0. The van der Waals surface area contributed by atoms with Crippen LogP contribution in [0.5, 0.6) is 0 Å². The van der Waals surface area contributed by atoms with Crippen LogP contribution >= 0.6 is 11.8 Å². The van der Waals surface area contributed by atoms with Gasteiger partial charge in [-0.1, -0.05) is 80.2 Å². The molecule has 3 heteroatoms. The van der Waals surface area contributed by atoms with Gasteiger partial charge in [-0.3, -0.25) is 0 Å². The molecule has 2 nitrogen and oxygen atoms in total. The van der Waals surface area contributed by atoms with Gasteiger partial charge in [0.2, 0.25) is 0 Å². The molecule has 1 heterocycles. The molecule has 0 N–H and O–H groups in total. The van der Waals surface area contributed by atoms with Gasteiger partial charge in [-0.05, 0) is 34.8 Å². The van der Waals surface area contributed by atoms with Gasteiger partial charge in [-0.25, -0.2) is 0 Å². The lowest BCUT2D eigenvalue weighted by Crippen LogP contribution is -1.94. The van der Waals surface area contributed by atoms with Crippen LogP contribution in [0.1, 0.15) is 36.5 Å². The molecule has 0 radical (unpaired) electrons. The normalized spacial score (nSPS) is 13.5. The molecule has 126 valence electrons. The van der Waals surface area contributed by atoms with Gasteiger partial charge >= 0.3 is 0 Å². The van der Waals surface area contributed by atoms with Crippen LogP contribution in [0.4, 0.5) is 0 Å². The highest BCUT2D eigenvalue weighted by atomic mass is 32.2. The first kappa shape index (κ1) is 17.8. The van der Waals surface area contributed by atoms with Crippen molar-refractivity contribution < 1.29 is 0 Å². The third kappa shape index (κ3) is 3.80. The molecule has 0 aromatic heterocycles. The number of thioether (sulfide) groups is 1. The van der Waals surface area contributed by atoms with Gasteiger partial charge in [-0.2, -0.15) is 10.5 Å². The van der Waals surface area contributed by atoms with E-state index in [2.05, 4.69) is 38.1 Å². The molecule has 0 fully saturated rings. The van der Waals surface area contributed by atoms with Crippen LogP contribution in [0.25, 0.3) is 9.81 Å². The fourth-order valence-electron chi connectivity index (χ4n) is 2.72. The largest absolute Gasteiger partial charge is 0.192 e. The first-order valence-electron chi connectivity index (χ1n) is 8.44. The standard InChI is InChI=1S/C23H18N2S/c1-16(2)17-8-10-19(11-9-17)23-13-20(21(14-24)15-25)12-22(26-23)18-6-4-3-5-7-18/h3-13,16H,1-2H3. The molecule has 0 spiro atoms. The van der Waals surface area contributed by atoms with Crippen LogP contribution in [0, 0.1) is 22.7 Å². The maximum Gasteiger partial charge on any atom is 0.136 e. The molecule has 2 aromatic rings. The Morgan fingerprint density at radius 1 is 0.808 bits per heavy atom. The van der Waals surface area contributed by atoms with Crippen molar-refractivity contribution in [3.05, 3.63) is 94.6 Å². The Morgan fingerprint density at radius 2 is 1.35 bits per heavy atom. The van der Waals surface area contributed by atoms with E-state index in [1.165, 1.54) is 5.56 Å². The molecule has 3 rings (SSSR count). The number of nitrogens with zero attached hydrogens (tertiary/aromatic N) is 2. The highest BCUT2D eigenvalue weighted by molar-refractivity contribution is 8.16. The molecule has 2 aromatic carbocycles. The second-order valence-corrected chi connectivity index (χ2v) is 7.40. The number of rotatable bonds is 3. The molecule has 0 amide bonds. The Labute approximate surface area is 158 Å². The summed E-state index contributed by atoms with van der Waals surface area (Å²) in [6.45, 7) is 4.35. The summed E-state index contributed by atoms with van der Waals surface area (Å²) in [6.07, 6.45) is 3.86. The molecule has 0 bridgehead atoms. The zero-order valence-corrected chi connectivity index (χ0v) is 15.5. The molecular formula is C23H18N2S. The zero-order valence-electron chi connectivity index (χ0n) is 14.7. The first-order valence-corrected chi connectivity index (χ1v) is 9.25. The highest BCUT2D eigenvalue weighted by Crippen LogP contribution is 2.44. The molecule has 0 unspecified atom stereocenters. The highest BCUT2D eigenvalue weighted by Gasteiger charge is 2.17. The van der Waals surface area contributed by atoms with Gasteiger partial charge in [0.05, 0.1) is 0 Å². The smallest absolute Gasteiger partial charge is 0.136 e. The van der Waals surface area contributed by atoms with Gasteiger partial charge in [-0.15, -0.1) is 0 Å². The summed E-state index contributed by atoms with van der Waals surface area (Å²) in [5.74, 6) is 0.482. The minimum atomic E-state index is 0.134. The number of benzene rings is 2. The number of hydrogen-bond acceptors (Lipinski definition) is 3. The Morgan fingerprint density at radius 3 is 1.85 bits per heavy atom. The van der Waals surface area contributed by atoms with E-state index in [-0.39, 0.29) is 5.57 Å². The molecule has 0 aliphatic carbocycles. The fraction of sp³-hybridized carbons (Fsp3) is 0.130. The summed E-state index contributed by atoms with van der Waals surface area (Å²) in [5, 5.41) is 18.6. The SMILES string of the molecule is CC(C)c1ccc(C2=CC(=C(C#N)C#N)C=C(c3ccccc3)S2)cc1. The van der Waals surface area contributed by atoms with E-state index in [0.29, 0.717) is 11.5 Å². The minimum absolute atomic E-state index is 0.134. The molecular weight excluding hydrogens is 336 g/mol. The molecule has 1 aliphatic rings. The van der Waals surface area contributed by atoms with E-state index < -0.39 is 0 Å². The Balaban J connectivity index is 2.07. The maximum absolute atomic E-state index is 9.29. The van der Waals surface area contributed by atoms with Crippen molar-refractivity contribution in [3.8, 4) is 12.1 Å². The lowest BCUT2D eigenvalue weighted by Gasteiger charge is -2.17. The van der Waals surface area contributed by atoms with Gasteiger partial charge in [0.15, 0.2) is 0 Å². The second kappa shape index (κ2) is 7.91. The summed E-state index contributed by atoms with van der Waals surface area (Å²) >= 11 is 1.66. The predicted molar refractivity (Wildman–Crippen MR) is 109 cm³/mol. The van der Waals surface area contributed by atoms with Crippen LogP contribution in [0.3, 0.4) is 0 Å². The average Bonchev–Trinajstić information content (AvgIpc) is 2.69. The molecule has 0 atom stereocenters. The monoisotopic (exact) mass is 354 g/mol. The van der Waals surface area contributed by atoms with Crippen LogP contribution in [-0.2, 0) is 0 Å². The summed E-state index contributed by atoms with van der Waals surface area (Å²) in [5.41, 5.74) is 4.26. The van der Waals surface area contributed by atoms with E-state index in [1.807, 2.05) is 54.6 Å². The van der Waals surface area contributed by atoms with E-state index in [1.54, 1.807) is 11.8 Å². The molecule has 1 aliphatic heterocycles. The van der Waals surface area contributed by atoms with Gasteiger partial charge in [0.1, 0.15) is 17.7 Å². The molecule has 0 saturated heterocycles. The van der Waals surface area contributed by atoms with Gasteiger partial charge in [0, 0.05) is 15.4 Å². The van der Waals surface area contributed by atoms with Crippen LogP contribution < -0.4 is 0 Å².